The molecule has 12 unspecified atom stereocenters. The summed E-state index contributed by atoms with van der Waals surface area (Å²) in [5.41, 5.74) is 18.4. The summed E-state index contributed by atoms with van der Waals surface area (Å²) >= 11 is 0. The molecule has 1 aliphatic heterocycles. The lowest BCUT2D eigenvalue weighted by Crippen LogP contribution is -2.47. The summed E-state index contributed by atoms with van der Waals surface area (Å²) in [5, 5.41) is 54.0. The molecule has 1 aromatic carbocycles. The van der Waals surface area contributed by atoms with E-state index in [0.29, 0.717) is 72.6 Å². The van der Waals surface area contributed by atoms with E-state index in [1.165, 1.54) is 81.9 Å². The highest BCUT2D eigenvalue weighted by Crippen LogP contribution is 2.60. The van der Waals surface area contributed by atoms with Crippen molar-refractivity contribution in [1.29, 1.82) is 0 Å². The zero-order valence-corrected chi connectivity index (χ0v) is 44.9. The van der Waals surface area contributed by atoms with Gasteiger partial charge in [0.05, 0.1) is 12.7 Å². The number of aryl methyl sites for hydroxylation is 3. The molecule has 1 spiro atoms. The number of nitrogens with zero attached hydrogens (tertiary/aromatic N) is 1. The molecule has 4 fully saturated rings. The number of aliphatic imine (C=N–C) groups is 1. The standard InChI is InChI=1S/C56H89N7O6S2/c1-34-14-17-38-23-40(32-70-71-33-49(34)63-55(58)60-4)45(57)25-37(38)10-5-6-13-52-39(30-64)24-41(69-52)18-15-36-16-19-50(66)53(22-36)68-31-51(67)46-26-43-47(62-46)27-56(20-7-8-21-56)44-12-9-11-42(44)54(43)48(29-59-3)61-28-35(2)65/h16,19,22,24,26,34-35,37-38,40,42,44-45,48-49,51,54,59,61-62,64-67H,5-15,17-18,20-21,23,25,27-33,57H2,1-4H3,(H3,58,60,63). The lowest BCUT2D eigenvalue weighted by atomic mass is 9.65. The number of likely N-dealkylation sites (N-methyl/N-ethyl adjacent to an activating group) is 1. The smallest absolute Gasteiger partial charge is 0.188 e. The monoisotopic (exact) mass is 1020 g/mol. The average molecular weight is 1020 g/mol. The molecule has 8 rings (SSSR count). The number of aromatic hydroxyl groups is 1. The number of guanidine groups is 1. The van der Waals surface area contributed by atoms with E-state index >= 15 is 0 Å². The molecule has 396 valence electrons. The van der Waals surface area contributed by atoms with Gasteiger partial charge in [-0.15, -0.1) is 0 Å². The summed E-state index contributed by atoms with van der Waals surface area (Å²) in [7, 11) is 7.65. The highest BCUT2D eigenvalue weighted by molar-refractivity contribution is 8.76. The van der Waals surface area contributed by atoms with E-state index < -0.39 is 12.2 Å². The Balaban J connectivity index is 0.859. The van der Waals surface area contributed by atoms with Crippen molar-refractivity contribution in [2.24, 2.45) is 57.4 Å². The highest BCUT2D eigenvalue weighted by atomic mass is 33.1. The Bertz CT molecular complexity index is 2160. The van der Waals surface area contributed by atoms with Gasteiger partial charge in [0.1, 0.15) is 24.2 Å². The van der Waals surface area contributed by atoms with Gasteiger partial charge in [-0.3, -0.25) is 4.99 Å². The van der Waals surface area contributed by atoms with Crippen LogP contribution in [0.5, 0.6) is 11.5 Å². The SMILES string of the molecule is CN=C(N)NC1CSSCC2CC(CCC1C)C(CCCCc1oc(CCc3ccc(O)c(OCC(O)c4cc5c([nH]4)CC4(CCCC4)C4CCCC4C5C(CNC)NCC(C)O)c3)cc1CO)CC2N. The van der Waals surface area contributed by atoms with Crippen molar-refractivity contribution in [2.45, 2.75) is 172 Å². The molecular weight excluding hydrogens is 931 g/mol. The van der Waals surface area contributed by atoms with Crippen molar-refractivity contribution in [3.8, 4) is 11.5 Å². The lowest BCUT2D eigenvalue weighted by molar-refractivity contribution is 0.0996. The number of aromatic nitrogens is 1. The number of unbranched alkanes of at least 4 members (excludes halogenated alkanes) is 1. The summed E-state index contributed by atoms with van der Waals surface area (Å²) in [4.78, 5) is 7.91. The van der Waals surface area contributed by atoms with Crippen molar-refractivity contribution >= 4 is 27.5 Å². The predicted molar refractivity (Wildman–Crippen MR) is 290 cm³/mol. The minimum Gasteiger partial charge on any atom is -0.504 e. The first-order valence-corrected chi connectivity index (χ1v) is 30.0. The molecule has 3 saturated carbocycles. The fraction of sp³-hybridized carbons (Fsp3) is 0.732. The van der Waals surface area contributed by atoms with Crippen LogP contribution in [-0.2, 0) is 32.3 Å². The van der Waals surface area contributed by atoms with Crippen LogP contribution in [0.25, 0.3) is 0 Å². The van der Waals surface area contributed by atoms with Crippen LogP contribution in [0, 0.1) is 40.9 Å². The van der Waals surface area contributed by atoms with Gasteiger partial charge in [0, 0.05) is 85.5 Å². The molecule has 1 saturated heterocycles. The van der Waals surface area contributed by atoms with E-state index in [9.17, 15) is 20.4 Å². The zero-order valence-electron chi connectivity index (χ0n) is 43.3. The van der Waals surface area contributed by atoms with Crippen molar-refractivity contribution in [3.63, 3.8) is 0 Å². The van der Waals surface area contributed by atoms with E-state index in [4.69, 9.17) is 20.6 Å². The van der Waals surface area contributed by atoms with E-state index in [2.05, 4.69) is 38.9 Å². The van der Waals surface area contributed by atoms with Gasteiger partial charge in [-0.05, 0) is 161 Å². The summed E-state index contributed by atoms with van der Waals surface area (Å²) in [6, 6.07) is 10.3. The quantitative estimate of drug-likeness (QED) is 0.0223. The molecule has 5 aliphatic rings. The van der Waals surface area contributed by atoms with Crippen molar-refractivity contribution in [3.05, 3.63) is 69.9 Å². The molecule has 3 heterocycles. The number of phenols is 1. The number of hydrogen-bond donors (Lipinski definition) is 10. The largest absolute Gasteiger partial charge is 0.504 e. The first-order valence-electron chi connectivity index (χ1n) is 27.5. The van der Waals surface area contributed by atoms with Crippen LogP contribution in [0.4, 0.5) is 0 Å². The molecule has 4 aliphatic carbocycles. The minimum atomic E-state index is -0.913. The molecule has 12 N–H and O–H groups in total. The molecular formula is C56H89N7O6S2. The van der Waals surface area contributed by atoms with Crippen LogP contribution in [-0.4, -0.2) is 101 Å². The molecule has 0 radical (unpaired) electrons. The van der Waals surface area contributed by atoms with Gasteiger partial charge >= 0.3 is 0 Å². The van der Waals surface area contributed by atoms with Crippen LogP contribution >= 0.6 is 21.6 Å². The molecule has 12 atom stereocenters. The predicted octanol–water partition coefficient (Wildman–Crippen LogP) is 8.27. The van der Waals surface area contributed by atoms with Gasteiger partial charge in [-0.1, -0.05) is 66.7 Å². The number of H-pyrrole nitrogens is 1. The van der Waals surface area contributed by atoms with Crippen molar-refractivity contribution < 1.29 is 29.6 Å². The number of furan rings is 1. The van der Waals surface area contributed by atoms with Crippen LogP contribution < -0.4 is 32.2 Å². The van der Waals surface area contributed by atoms with E-state index in [1.54, 1.807) is 13.1 Å². The first-order chi connectivity index (χ1) is 34.4. The first kappa shape index (κ1) is 54.4. The Hall–Kier alpha value is -2.89. The van der Waals surface area contributed by atoms with Gasteiger partial charge in [0.15, 0.2) is 17.5 Å². The fourth-order valence-electron chi connectivity index (χ4n) is 14.0. The number of aliphatic hydroxyl groups excluding tert-OH is 3. The van der Waals surface area contributed by atoms with Crippen molar-refractivity contribution in [2.75, 3.05) is 45.3 Å². The third-order valence-electron chi connectivity index (χ3n) is 17.9. The number of phenolic OH excluding ortho intramolecular Hbond substituents is 1. The van der Waals surface area contributed by atoms with Gasteiger partial charge in [-0.2, -0.15) is 0 Å². The molecule has 0 amide bonds. The summed E-state index contributed by atoms with van der Waals surface area (Å²) in [5.74, 6) is 8.58. The number of aliphatic hydroxyl groups is 3. The number of hydrogen-bond acceptors (Lipinski definition) is 12. The number of fused-ring (bicyclic) bond motifs is 5. The maximum Gasteiger partial charge on any atom is 0.188 e. The molecule has 71 heavy (non-hydrogen) atoms. The Kier molecular flexibility index (Phi) is 19.6. The van der Waals surface area contributed by atoms with Gasteiger partial charge in [-0.25, -0.2) is 0 Å². The maximum absolute atomic E-state index is 11.7. The summed E-state index contributed by atoms with van der Waals surface area (Å²) in [6.45, 7) is 5.46. The highest BCUT2D eigenvalue weighted by Gasteiger charge is 2.53. The van der Waals surface area contributed by atoms with E-state index in [0.717, 1.165) is 78.5 Å². The van der Waals surface area contributed by atoms with Crippen molar-refractivity contribution in [1.82, 2.24) is 20.9 Å². The van der Waals surface area contributed by atoms with Crippen LogP contribution in [0.2, 0.25) is 0 Å². The molecule has 15 heteroatoms. The Labute approximate surface area is 432 Å². The second kappa shape index (κ2) is 25.6. The average Bonchev–Trinajstić information content (AvgIpc) is 4.19. The Morgan fingerprint density at radius 1 is 0.986 bits per heavy atom. The maximum atomic E-state index is 11.7. The Morgan fingerprint density at radius 3 is 2.58 bits per heavy atom. The van der Waals surface area contributed by atoms with E-state index in [-0.39, 0.29) is 42.4 Å². The van der Waals surface area contributed by atoms with Gasteiger partial charge in [0.2, 0.25) is 0 Å². The van der Waals surface area contributed by atoms with Gasteiger partial charge < -0.3 is 62.0 Å². The van der Waals surface area contributed by atoms with Crippen LogP contribution in [0.1, 0.15) is 155 Å². The van der Waals surface area contributed by atoms with Crippen LogP contribution in [0.3, 0.4) is 0 Å². The number of nitrogens with two attached hydrogens (primary N) is 2. The fourth-order valence-corrected chi connectivity index (χ4v) is 16.9. The topological polar surface area (TPSA) is 220 Å². The molecule has 2 aromatic heterocycles. The third-order valence-corrected chi connectivity index (χ3v) is 20.4. The molecule has 3 aromatic rings. The second-order valence-corrected chi connectivity index (χ2v) is 25.2. The minimum absolute atomic E-state index is 0.00445. The summed E-state index contributed by atoms with van der Waals surface area (Å²) in [6.07, 6.45) is 18.6. The number of ether oxygens (including phenoxy) is 1. The Morgan fingerprint density at radius 2 is 1.80 bits per heavy atom. The number of nitrogens with one attached hydrogen (secondary N) is 4. The number of benzene rings is 1. The van der Waals surface area contributed by atoms with Crippen LogP contribution in [0.15, 0.2) is 39.7 Å². The summed E-state index contributed by atoms with van der Waals surface area (Å²) < 4.78 is 12.6. The second-order valence-electron chi connectivity index (χ2n) is 22.6. The molecule has 2 bridgehead atoms. The van der Waals surface area contributed by atoms with Gasteiger partial charge in [0.25, 0.3) is 0 Å². The van der Waals surface area contributed by atoms with E-state index in [1.807, 2.05) is 53.8 Å². The number of aromatic amines is 1. The lowest BCUT2D eigenvalue weighted by Gasteiger charge is -2.41. The zero-order chi connectivity index (χ0) is 50.1. The molecule has 13 nitrogen and oxygen atoms in total. The normalized spacial score (nSPS) is 29.2. The number of rotatable bonds is 20. The third kappa shape index (κ3) is 13.5.